The first kappa shape index (κ1) is 17.2. The molecule has 1 aliphatic heterocycles. The van der Waals surface area contributed by atoms with Crippen LogP contribution >= 0.6 is 0 Å². The van der Waals surface area contributed by atoms with Crippen molar-refractivity contribution < 1.29 is 14.3 Å². The van der Waals surface area contributed by atoms with Crippen LogP contribution in [0.3, 0.4) is 0 Å². The Labute approximate surface area is 148 Å². The van der Waals surface area contributed by atoms with Gasteiger partial charge in [-0.15, -0.1) is 0 Å². The van der Waals surface area contributed by atoms with Gasteiger partial charge in [0.1, 0.15) is 6.61 Å². The topological polar surface area (TPSA) is 38.8 Å². The minimum atomic E-state index is -0.304. The molecular formula is C21H23NO3. The second kappa shape index (κ2) is 8.49. The van der Waals surface area contributed by atoms with E-state index in [4.69, 9.17) is 9.47 Å². The van der Waals surface area contributed by atoms with Gasteiger partial charge in [0, 0.05) is 13.7 Å². The lowest BCUT2D eigenvalue weighted by atomic mass is 9.92. The highest BCUT2D eigenvalue weighted by atomic mass is 16.6. The molecule has 4 nitrogen and oxygen atoms in total. The summed E-state index contributed by atoms with van der Waals surface area (Å²) in [5.74, 6) is 0.259. The number of fused-ring (bicyclic) bond motifs is 1. The summed E-state index contributed by atoms with van der Waals surface area (Å²) >= 11 is 0. The smallest absolute Gasteiger partial charge is 0.414 e. The van der Waals surface area contributed by atoms with Gasteiger partial charge in [0.05, 0.1) is 12.3 Å². The molecule has 0 fully saturated rings. The Kier molecular flexibility index (Phi) is 5.86. The third-order valence-corrected chi connectivity index (χ3v) is 4.28. The van der Waals surface area contributed by atoms with Crippen molar-refractivity contribution in [3.05, 3.63) is 77.9 Å². The number of carbonyl (C=O) groups excluding carboxylic acids is 1. The van der Waals surface area contributed by atoms with Crippen molar-refractivity contribution in [3.63, 3.8) is 0 Å². The molecule has 1 amide bonds. The van der Waals surface area contributed by atoms with Gasteiger partial charge in [-0.1, -0.05) is 60.7 Å². The molecule has 0 bridgehead atoms. The van der Waals surface area contributed by atoms with Crippen molar-refractivity contribution in [2.45, 2.75) is 13.0 Å². The van der Waals surface area contributed by atoms with E-state index in [1.807, 2.05) is 54.6 Å². The number of anilines is 1. The summed E-state index contributed by atoms with van der Waals surface area (Å²) in [6, 6.07) is 17.7. The molecule has 1 atom stereocenters. The number of ether oxygens (including phenoxy) is 2. The van der Waals surface area contributed by atoms with Crippen LogP contribution in [0.15, 0.2) is 66.7 Å². The van der Waals surface area contributed by atoms with Gasteiger partial charge >= 0.3 is 6.09 Å². The summed E-state index contributed by atoms with van der Waals surface area (Å²) in [4.78, 5) is 14.4. The highest BCUT2D eigenvalue weighted by Crippen LogP contribution is 2.30. The maximum atomic E-state index is 12.7. The first-order valence-corrected chi connectivity index (χ1v) is 8.49. The van der Waals surface area contributed by atoms with Gasteiger partial charge < -0.3 is 9.47 Å². The maximum Gasteiger partial charge on any atom is 0.414 e. The fourth-order valence-electron chi connectivity index (χ4n) is 3.07. The van der Waals surface area contributed by atoms with E-state index in [0.717, 1.165) is 23.2 Å². The maximum absolute atomic E-state index is 12.7. The Morgan fingerprint density at radius 2 is 1.92 bits per heavy atom. The first-order chi connectivity index (χ1) is 12.3. The normalized spacial score (nSPS) is 16.7. The molecular weight excluding hydrogens is 314 g/mol. The lowest BCUT2D eigenvalue weighted by Gasteiger charge is -2.32. The van der Waals surface area contributed by atoms with Gasteiger partial charge in [-0.3, -0.25) is 4.90 Å². The lowest BCUT2D eigenvalue weighted by molar-refractivity contribution is 0.146. The summed E-state index contributed by atoms with van der Waals surface area (Å²) in [6.45, 7) is 1.48. The summed E-state index contributed by atoms with van der Waals surface area (Å²) in [6.07, 6.45) is 4.74. The second-order valence-corrected chi connectivity index (χ2v) is 6.13. The van der Waals surface area contributed by atoms with Gasteiger partial charge in [0.15, 0.2) is 0 Å². The fraction of sp³-hybridized carbons (Fsp3) is 0.286. The molecule has 0 aliphatic carbocycles. The molecule has 0 aromatic heterocycles. The zero-order valence-corrected chi connectivity index (χ0v) is 14.4. The molecule has 2 aromatic carbocycles. The molecule has 1 heterocycles. The third-order valence-electron chi connectivity index (χ3n) is 4.28. The van der Waals surface area contributed by atoms with Gasteiger partial charge in [-0.25, -0.2) is 4.79 Å². The average molecular weight is 337 g/mol. The molecule has 130 valence electrons. The number of hydrogen-bond donors (Lipinski definition) is 0. The number of amides is 1. The Morgan fingerprint density at radius 1 is 1.16 bits per heavy atom. The van der Waals surface area contributed by atoms with Crippen molar-refractivity contribution in [3.8, 4) is 0 Å². The summed E-state index contributed by atoms with van der Waals surface area (Å²) in [5, 5.41) is 0. The number of methoxy groups -OCH3 is 1. The minimum absolute atomic E-state index is 0.259. The summed E-state index contributed by atoms with van der Waals surface area (Å²) in [5.41, 5.74) is 3.09. The van der Waals surface area contributed by atoms with Crippen molar-refractivity contribution >= 4 is 11.8 Å². The monoisotopic (exact) mass is 337 g/mol. The number of hydrogen-bond acceptors (Lipinski definition) is 3. The lowest BCUT2D eigenvalue weighted by Crippen LogP contribution is -2.39. The van der Waals surface area contributed by atoms with Gasteiger partial charge in [-0.05, 0) is 29.5 Å². The summed E-state index contributed by atoms with van der Waals surface area (Å²) in [7, 11) is 1.67. The van der Waals surface area contributed by atoms with Crippen LogP contribution in [-0.2, 0) is 22.5 Å². The minimum Gasteiger partial charge on any atom is -0.444 e. The number of rotatable bonds is 5. The largest absolute Gasteiger partial charge is 0.444 e. The van der Waals surface area contributed by atoms with Crippen molar-refractivity contribution in [2.24, 2.45) is 5.92 Å². The Morgan fingerprint density at radius 3 is 2.72 bits per heavy atom. The second-order valence-electron chi connectivity index (χ2n) is 6.13. The molecule has 4 heteroatoms. The van der Waals surface area contributed by atoms with Gasteiger partial charge in [0.2, 0.25) is 0 Å². The fourth-order valence-corrected chi connectivity index (χ4v) is 3.07. The van der Waals surface area contributed by atoms with Crippen LogP contribution in [0.4, 0.5) is 10.5 Å². The molecule has 0 N–H and O–H groups in total. The van der Waals surface area contributed by atoms with Crippen LogP contribution in [0.25, 0.3) is 0 Å². The van der Waals surface area contributed by atoms with E-state index in [1.54, 1.807) is 12.0 Å². The molecule has 3 rings (SSSR count). The van der Waals surface area contributed by atoms with E-state index >= 15 is 0 Å². The highest BCUT2D eigenvalue weighted by Gasteiger charge is 2.28. The Bertz CT molecular complexity index is 727. The van der Waals surface area contributed by atoms with Crippen LogP contribution < -0.4 is 4.90 Å². The van der Waals surface area contributed by atoms with Gasteiger partial charge in [0.25, 0.3) is 0 Å². The van der Waals surface area contributed by atoms with Crippen LogP contribution in [0.1, 0.15) is 11.1 Å². The van der Waals surface area contributed by atoms with Crippen molar-refractivity contribution in [1.29, 1.82) is 0 Å². The Balaban J connectivity index is 1.72. The molecule has 2 aromatic rings. The number of carbonyl (C=O) groups is 1. The van der Waals surface area contributed by atoms with Crippen LogP contribution in [0.5, 0.6) is 0 Å². The van der Waals surface area contributed by atoms with Crippen molar-refractivity contribution in [2.75, 3.05) is 25.2 Å². The van der Waals surface area contributed by atoms with E-state index in [2.05, 4.69) is 12.1 Å². The highest BCUT2D eigenvalue weighted by molar-refractivity contribution is 5.89. The molecule has 0 radical (unpaired) electrons. The van der Waals surface area contributed by atoms with E-state index in [-0.39, 0.29) is 18.6 Å². The van der Waals surface area contributed by atoms with Crippen LogP contribution in [0.2, 0.25) is 0 Å². The molecule has 0 saturated heterocycles. The summed E-state index contributed by atoms with van der Waals surface area (Å²) < 4.78 is 10.6. The zero-order chi connectivity index (χ0) is 17.5. The molecule has 25 heavy (non-hydrogen) atoms. The average Bonchev–Trinajstić information content (AvgIpc) is 2.66. The van der Waals surface area contributed by atoms with E-state index in [0.29, 0.717) is 13.2 Å². The number of benzene rings is 2. The predicted octanol–water partition coefficient (Wildman–Crippen LogP) is 4.20. The predicted molar refractivity (Wildman–Crippen MR) is 98.6 cm³/mol. The third kappa shape index (κ3) is 4.48. The van der Waals surface area contributed by atoms with Gasteiger partial charge in [-0.2, -0.15) is 0 Å². The van der Waals surface area contributed by atoms with E-state index < -0.39 is 0 Å². The molecule has 1 unspecified atom stereocenters. The van der Waals surface area contributed by atoms with E-state index in [9.17, 15) is 4.79 Å². The van der Waals surface area contributed by atoms with Crippen molar-refractivity contribution in [1.82, 2.24) is 0 Å². The standard InChI is InChI=1S/C21H23NO3/c1-24-13-7-10-18-14-19-11-5-6-12-20(19)22(15-18)21(23)25-16-17-8-3-2-4-9-17/h2-12,18H,13-16H2,1H3/b10-7+. The Hall–Kier alpha value is -2.59. The SMILES string of the molecule is COC/C=C/C1Cc2ccccc2N(C(=O)OCc2ccccc2)C1. The molecule has 1 aliphatic rings. The van der Waals surface area contributed by atoms with E-state index in [1.165, 1.54) is 0 Å². The number of para-hydroxylation sites is 1. The number of nitrogens with zero attached hydrogens (tertiary/aromatic N) is 1. The quantitative estimate of drug-likeness (QED) is 0.767. The zero-order valence-electron chi connectivity index (χ0n) is 14.4. The van der Waals surface area contributed by atoms with Crippen LogP contribution in [0, 0.1) is 5.92 Å². The molecule has 0 saturated carbocycles. The van der Waals surface area contributed by atoms with Crippen LogP contribution in [-0.4, -0.2) is 26.4 Å². The molecule has 0 spiro atoms. The first-order valence-electron chi connectivity index (χ1n) is 8.49.